The summed E-state index contributed by atoms with van der Waals surface area (Å²) in [6, 6.07) is 7.95. The van der Waals surface area contributed by atoms with Crippen LogP contribution >= 0.6 is 0 Å². The molecule has 0 fully saturated rings. The summed E-state index contributed by atoms with van der Waals surface area (Å²) in [5.41, 5.74) is 3.94. The predicted octanol–water partition coefficient (Wildman–Crippen LogP) is 2.65. The third kappa shape index (κ3) is 4.49. The molecular formula is C15H26N2O2. The van der Waals surface area contributed by atoms with Crippen LogP contribution in [0, 0.1) is 5.92 Å². The summed E-state index contributed by atoms with van der Waals surface area (Å²) in [4.78, 5) is 0. The van der Waals surface area contributed by atoms with Crippen molar-refractivity contribution in [3.8, 4) is 5.75 Å². The van der Waals surface area contributed by atoms with Crippen molar-refractivity contribution in [1.82, 2.24) is 5.43 Å². The zero-order valence-corrected chi connectivity index (χ0v) is 12.5. The van der Waals surface area contributed by atoms with Gasteiger partial charge in [-0.1, -0.05) is 26.0 Å². The molecule has 0 heterocycles. The van der Waals surface area contributed by atoms with Gasteiger partial charge in [0.25, 0.3) is 0 Å². The summed E-state index contributed by atoms with van der Waals surface area (Å²) in [6.07, 6.45) is 0.207. The number of nitrogens with one attached hydrogen (secondary N) is 1. The van der Waals surface area contributed by atoms with Gasteiger partial charge < -0.3 is 9.47 Å². The van der Waals surface area contributed by atoms with Crippen LogP contribution in [0.4, 0.5) is 0 Å². The second-order valence-corrected chi connectivity index (χ2v) is 5.32. The molecule has 0 radical (unpaired) electrons. The molecule has 1 aromatic carbocycles. The highest BCUT2D eigenvalue weighted by Gasteiger charge is 2.24. The molecule has 0 spiro atoms. The van der Waals surface area contributed by atoms with Gasteiger partial charge in [-0.2, -0.15) is 0 Å². The second kappa shape index (κ2) is 7.48. The van der Waals surface area contributed by atoms with Gasteiger partial charge in [0.15, 0.2) is 0 Å². The molecule has 1 aromatic rings. The van der Waals surface area contributed by atoms with Crippen molar-refractivity contribution >= 4 is 0 Å². The van der Waals surface area contributed by atoms with E-state index in [1.165, 1.54) is 0 Å². The highest BCUT2D eigenvalue weighted by Crippen LogP contribution is 2.25. The molecule has 3 N–H and O–H groups in total. The van der Waals surface area contributed by atoms with E-state index in [2.05, 4.69) is 19.3 Å². The first kappa shape index (κ1) is 16.0. The lowest BCUT2D eigenvalue weighted by molar-refractivity contribution is 0.0326. The number of methoxy groups -OCH3 is 1. The Morgan fingerprint density at radius 2 is 1.63 bits per heavy atom. The number of ether oxygens (including phenoxy) is 2. The maximum atomic E-state index is 5.68. The maximum absolute atomic E-state index is 5.68. The molecule has 0 amide bonds. The molecule has 19 heavy (non-hydrogen) atoms. The Balaban J connectivity index is 2.87. The monoisotopic (exact) mass is 266 g/mol. The zero-order chi connectivity index (χ0) is 14.4. The van der Waals surface area contributed by atoms with Crippen molar-refractivity contribution < 1.29 is 9.47 Å². The summed E-state index contributed by atoms with van der Waals surface area (Å²) in [7, 11) is 1.71. The lowest BCUT2D eigenvalue weighted by atomic mass is 9.94. The van der Waals surface area contributed by atoms with Crippen molar-refractivity contribution in [2.24, 2.45) is 11.8 Å². The maximum Gasteiger partial charge on any atom is 0.119 e. The van der Waals surface area contributed by atoms with Crippen molar-refractivity contribution in [1.29, 1.82) is 0 Å². The minimum Gasteiger partial charge on any atom is -0.491 e. The molecule has 0 aliphatic heterocycles. The zero-order valence-electron chi connectivity index (χ0n) is 12.5. The van der Waals surface area contributed by atoms with Crippen LogP contribution in [0.5, 0.6) is 5.75 Å². The topological polar surface area (TPSA) is 56.5 Å². The fourth-order valence-electron chi connectivity index (χ4n) is 2.20. The van der Waals surface area contributed by atoms with E-state index in [1.807, 2.05) is 38.1 Å². The molecular weight excluding hydrogens is 240 g/mol. The normalized spacial score (nSPS) is 14.7. The Morgan fingerprint density at radius 1 is 1.05 bits per heavy atom. The van der Waals surface area contributed by atoms with E-state index < -0.39 is 0 Å². The minimum atomic E-state index is -0.0295. The first-order valence-corrected chi connectivity index (χ1v) is 6.75. The molecule has 108 valence electrons. The van der Waals surface area contributed by atoms with Crippen molar-refractivity contribution in [3.05, 3.63) is 29.8 Å². The lowest BCUT2D eigenvalue weighted by Gasteiger charge is -2.29. The number of hydrazine groups is 1. The van der Waals surface area contributed by atoms with Crippen LogP contribution in [0.2, 0.25) is 0 Å². The molecule has 4 nitrogen and oxygen atoms in total. The van der Waals surface area contributed by atoms with E-state index >= 15 is 0 Å². The SMILES string of the molecule is COC(C(C)C)C(NN)c1ccc(OC(C)C)cc1. The van der Waals surface area contributed by atoms with E-state index in [1.54, 1.807) is 7.11 Å². The summed E-state index contributed by atoms with van der Waals surface area (Å²) in [6.45, 7) is 8.26. The molecule has 0 saturated carbocycles. The lowest BCUT2D eigenvalue weighted by Crippen LogP contribution is -2.40. The van der Waals surface area contributed by atoms with E-state index in [-0.39, 0.29) is 18.2 Å². The van der Waals surface area contributed by atoms with E-state index in [0.717, 1.165) is 11.3 Å². The quantitative estimate of drug-likeness (QED) is 0.588. The van der Waals surface area contributed by atoms with Crippen molar-refractivity contribution in [3.63, 3.8) is 0 Å². The van der Waals surface area contributed by atoms with Gasteiger partial charge in [0.2, 0.25) is 0 Å². The van der Waals surface area contributed by atoms with Gasteiger partial charge in [-0.05, 0) is 37.5 Å². The smallest absolute Gasteiger partial charge is 0.119 e. The van der Waals surface area contributed by atoms with E-state index in [0.29, 0.717) is 5.92 Å². The highest BCUT2D eigenvalue weighted by atomic mass is 16.5. The Labute approximate surface area is 116 Å². The van der Waals surface area contributed by atoms with Crippen LogP contribution < -0.4 is 16.0 Å². The van der Waals surface area contributed by atoms with Crippen LogP contribution in [0.1, 0.15) is 39.3 Å². The third-order valence-electron chi connectivity index (χ3n) is 3.05. The molecule has 0 bridgehead atoms. The fraction of sp³-hybridized carbons (Fsp3) is 0.600. The summed E-state index contributed by atoms with van der Waals surface area (Å²) in [5, 5.41) is 0. The standard InChI is InChI=1S/C15H26N2O2/c1-10(2)15(18-5)14(17-16)12-6-8-13(9-7-12)19-11(3)4/h6-11,14-15,17H,16H2,1-5H3. The first-order chi connectivity index (χ1) is 8.99. The predicted molar refractivity (Wildman–Crippen MR) is 77.9 cm³/mol. The molecule has 0 saturated heterocycles. The fourth-order valence-corrected chi connectivity index (χ4v) is 2.20. The van der Waals surface area contributed by atoms with Crippen LogP contribution in [0.3, 0.4) is 0 Å². The molecule has 2 unspecified atom stereocenters. The average molecular weight is 266 g/mol. The van der Waals surface area contributed by atoms with Crippen molar-refractivity contribution in [2.75, 3.05) is 7.11 Å². The molecule has 0 aliphatic carbocycles. The third-order valence-corrected chi connectivity index (χ3v) is 3.05. The number of rotatable bonds is 7. The molecule has 1 rings (SSSR count). The molecule has 2 atom stereocenters. The number of hydrogen-bond acceptors (Lipinski definition) is 4. The molecule has 4 heteroatoms. The van der Waals surface area contributed by atoms with Crippen LogP contribution in [0.15, 0.2) is 24.3 Å². The average Bonchev–Trinajstić information content (AvgIpc) is 2.35. The van der Waals surface area contributed by atoms with Gasteiger partial charge in [0.1, 0.15) is 5.75 Å². The minimum absolute atomic E-state index is 0.0295. The van der Waals surface area contributed by atoms with Gasteiger partial charge in [0.05, 0.1) is 18.2 Å². The summed E-state index contributed by atoms with van der Waals surface area (Å²) < 4.78 is 11.2. The Kier molecular flexibility index (Phi) is 6.28. The van der Waals surface area contributed by atoms with Crippen LogP contribution in [-0.4, -0.2) is 19.3 Å². The molecule has 0 aromatic heterocycles. The van der Waals surface area contributed by atoms with E-state index in [9.17, 15) is 0 Å². The van der Waals surface area contributed by atoms with E-state index in [4.69, 9.17) is 15.3 Å². The number of hydrogen-bond donors (Lipinski definition) is 2. The van der Waals surface area contributed by atoms with Gasteiger partial charge in [-0.25, -0.2) is 0 Å². The summed E-state index contributed by atoms with van der Waals surface area (Å²) >= 11 is 0. The van der Waals surface area contributed by atoms with Gasteiger partial charge in [0, 0.05) is 7.11 Å². The van der Waals surface area contributed by atoms with Crippen molar-refractivity contribution in [2.45, 2.75) is 45.9 Å². The van der Waals surface area contributed by atoms with Gasteiger partial charge in [-0.15, -0.1) is 0 Å². The highest BCUT2D eigenvalue weighted by molar-refractivity contribution is 5.30. The number of benzene rings is 1. The largest absolute Gasteiger partial charge is 0.491 e. The summed E-state index contributed by atoms with van der Waals surface area (Å²) in [5.74, 6) is 6.92. The van der Waals surface area contributed by atoms with Crippen LogP contribution in [-0.2, 0) is 4.74 Å². The Morgan fingerprint density at radius 3 is 2.00 bits per heavy atom. The second-order valence-electron chi connectivity index (χ2n) is 5.32. The van der Waals surface area contributed by atoms with Gasteiger partial charge in [-0.3, -0.25) is 11.3 Å². The Hall–Kier alpha value is -1.10. The first-order valence-electron chi connectivity index (χ1n) is 6.75. The van der Waals surface area contributed by atoms with Gasteiger partial charge >= 0.3 is 0 Å². The molecule has 0 aliphatic rings. The van der Waals surface area contributed by atoms with Crippen LogP contribution in [0.25, 0.3) is 0 Å². The Bertz CT molecular complexity index is 363. The number of nitrogens with two attached hydrogens (primary N) is 1.